The van der Waals surface area contributed by atoms with Gasteiger partial charge in [0, 0.05) is 38.5 Å². The molecule has 5 nitrogen and oxygen atoms in total. The third kappa shape index (κ3) is 4.65. The van der Waals surface area contributed by atoms with Crippen LogP contribution >= 0.6 is 12.4 Å². The SMILES string of the molecule is CC1OC2(CCN(CC3CCOCC3)CC2)CN(c2ccccc2)C1=O.Cl. The monoisotopic (exact) mass is 394 g/mol. The molecule has 1 atom stereocenters. The van der Waals surface area contributed by atoms with Crippen molar-refractivity contribution in [1.82, 2.24) is 4.90 Å². The molecule has 150 valence electrons. The Hall–Kier alpha value is -1.14. The molecule has 1 aromatic carbocycles. The Morgan fingerprint density at radius 3 is 2.44 bits per heavy atom. The summed E-state index contributed by atoms with van der Waals surface area (Å²) >= 11 is 0. The molecule has 0 aromatic heterocycles. The fourth-order valence-corrected chi connectivity index (χ4v) is 4.59. The molecular formula is C21H31ClN2O3. The predicted molar refractivity (Wildman–Crippen MR) is 109 cm³/mol. The third-order valence-corrected chi connectivity index (χ3v) is 6.18. The fourth-order valence-electron chi connectivity index (χ4n) is 4.59. The standard InChI is InChI=1S/C21H30N2O3.ClH/c1-17-20(24)23(19-5-3-2-4-6-19)16-21(26-17)9-11-22(12-10-21)15-18-7-13-25-14-8-18;/h2-6,17-18H,7-16H2,1H3;1H. The summed E-state index contributed by atoms with van der Waals surface area (Å²) in [4.78, 5) is 17.2. The molecular weight excluding hydrogens is 364 g/mol. The second-order valence-electron chi connectivity index (χ2n) is 8.06. The van der Waals surface area contributed by atoms with E-state index in [0.29, 0.717) is 6.54 Å². The van der Waals surface area contributed by atoms with Gasteiger partial charge < -0.3 is 19.3 Å². The van der Waals surface area contributed by atoms with Gasteiger partial charge in [-0.05, 0) is 50.7 Å². The molecule has 3 heterocycles. The molecule has 6 heteroatoms. The number of benzene rings is 1. The lowest BCUT2D eigenvalue weighted by Crippen LogP contribution is -2.61. The number of rotatable bonds is 3. The Labute approximate surface area is 168 Å². The van der Waals surface area contributed by atoms with E-state index >= 15 is 0 Å². The summed E-state index contributed by atoms with van der Waals surface area (Å²) in [6, 6.07) is 10.0. The number of piperidine rings is 1. The van der Waals surface area contributed by atoms with Crippen LogP contribution in [0.4, 0.5) is 5.69 Å². The van der Waals surface area contributed by atoms with Gasteiger partial charge in [0.25, 0.3) is 5.91 Å². The van der Waals surface area contributed by atoms with Gasteiger partial charge in [-0.1, -0.05) is 18.2 Å². The van der Waals surface area contributed by atoms with Gasteiger partial charge in [-0.3, -0.25) is 4.79 Å². The number of carbonyl (C=O) groups is 1. The molecule has 4 rings (SSSR count). The normalized spacial score (nSPS) is 26.8. The summed E-state index contributed by atoms with van der Waals surface area (Å²) in [5, 5.41) is 0. The Morgan fingerprint density at radius 2 is 1.78 bits per heavy atom. The van der Waals surface area contributed by atoms with Crippen molar-refractivity contribution in [3.05, 3.63) is 30.3 Å². The number of anilines is 1. The summed E-state index contributed by atoms with van der Waals surface area (Å²) in [5.74, 6) is 0.845. The molecule has 3 fully saturated rings. The second-order valence-corrected chi connectivity index (χ2v) is 8.06. The minimum atomic E-state index is -0.369. The van der Waals surface area contributed by atoms with Crippen molar-refractivity contribution < 1.29 is 14.3 Å². The zero-order chi connectivity index (χ0) is 18.0. The van der Waals surface area contributed by atoms with E-state index in [1.54, 1.807) is 0 Å². The minimum Gasteiger partial charge on any atom is -0.381 e. The van der Waals surface area contributed by atoms with E-state index in [1.807, 2.05) is 42.2 Å². The maximum Gasteiger partial charge on any atom is 0.255 e. The Morgan fingerprint density at radius 1 is 1.11 bits per heavy atom. The maximum absolute atomic E-state index is 12.7. The van der Waals surface area contributed by atoms with Gasteiger partial charge in [0.1, 0.15) is 6.10 Å². The van der Waals surface area contributed by atoms with Crippen molar-refractivity contribution in [2.45, 2.75) is 44.3 Å². The van der Waals surface area contributed by atoms with Gasteiger partial charge >= 0.3 is 0 Å². The van der Waals surface area contributed by atoms with Crippen molar-refractivity contribution in [1.29, 1.82) is 0 Å². The number of morpholine rings is 1. The van der Waals surface area contributed by atoms with Crippen LogP contribution in [0.15, 0.2) is 30.3 Å². The fraction of sp³-hybridized carbons (Fsp3) is 0.667. The maximum atomic E-state index is 12.7. The van der Waals surface area contributed by atoms with Crippen molar-refractivity contribution in [3.63, 3.8) is 0 Å². The average molecular weight is 395 g/mol. The lowest BCUT2D eigenvalue weighted by Gasteiger charge is -2.49. The smallest absolute Gasteiger partial charge is 0.255 e. The van der Waals surface area contributed by atoms with E-state index in [4.69, 9.17) is 9.47 Å². The largest absolute Gasteiger partial charge is 0.381 e. The van der Waals surface area contributed by atoms with Crippen LogP contribution in [-0.4, -0.2) is 61.9 Å². The molecule has 1 spiro atoms. The minimum absolute atomic E-state index is 0. The van der Waals surface area contributed by atoms with E-state index in [-0.39, 0.29) is 30.0 Å². The van der Waals surface area contributed by atoms with Crippen LogP contribution in [0.1, 0.15) is 32.6 Å². The van der Waals surface area contributed by atoms with Crippen molar-refractivity contribution >= 4 is 24.0 Å². The second kappa shape index (κ2) is 8.91. The summed E-state index contributed by atoms with van der Waals surface area (Å²) in [6.45, 7) is 7.69. The van der Waals surface area contributed by atoms with Gasteiger partial charge in [0.05, 0.1) is 12.1 Å². The number of carbonyl (C=O) groups excluding carboxylic acids is 1. The molecule has 0 bridgehead atoms. The Kier molecular flexibility index (Phi) is 6.79. The molecule has 0 aliphatic carbocycles. The summed E-state index contributed by atoms with van der Waals surface area (Å²) in [7, 11) is 0. The molecule has 1 amide bonds. The van der Waals surface area contributed by atoms with E-state index in [1.165, 1.54) is 19.4 Å². The topological polar surface area (TPSA) is 42.0 Å². The number of para-hydroxylation sites is 1. The van der Waals surface area contributed by atoms with Crippen molar-refractivity contribution in [2.75, 3.05) is 44.3 Å². The Balaban J connectivity index is 0.00000210. The third-order valence-electron chi connectivity index (χ3n) is 6.18. The van der Waals surface area contributed by atoms with Crippen LogP contribution in [0.3, 0.4) is 0 Å². The van der Waals surface area contributed by atoms with Crippen LogP contribution in [0.25, 0.3) is 0 Å². The van der Waals surface area contributed by atoms with Crippen LogP contribution in [0.5, 0.6) is 0 Å². The number of halogens is 1. The summed E-state index contributed by atoms with van der Waals surface area (Å²) in [5.41, 5.74) is 0.784. The van der Waals surface area contributed by atoms with E-state index < -0.39 is 0 Å². The first-order chi connectivity index (χ1) is 12.7. The highest BCUT2D eigenvalue weighted by Crippen LogP contribution is 2.35. The highest BCUT2D eigenvalue weighted by atomic mass is 35.5. The van der Waals surface area contributed by atoms with Crippen LogP contribution in [0, 0.1) is 5.92 Å². The molecule has 0 N–H and O–H groups in total. The molecule has 3 saturated heterocycles. The highest BCUT2D eigenvalue weighted by Gasteiger charge is 2.45. The van der Waals surface area contributed by atoms with Gasteiger partial charge in [0.2, 0.25) is 0 Å². The van der Waals surface area contributed by atoms with E-state index in [0.717, 1.165) is 50.8 Å². The van der Waals surface area contributed by atoms with Gasteiger partial charge in [0.15, 0.2) is 0 Å². The number of ether oxygens (including phenoxy) is 2. The van der Waals surface area contributed by atoms with Gasteiger partial charge in [-0.2, -0.15) is 0 Å². The number of hydrogen-bond acceptors (Lipinski definition) is 4. The molecule has 0 saturated carbocycles. The summed E-state index contributed by atoms with van der Waals surface area (Å²) < 4.78 is 11.8. The van der Waals surface area contributed by atoms with Crippen LogP contribution in [-0.2, 0) is 14.3 Å². The average Bonchev–Trinajstić information content (AvgIpc) is 2.68. The Bertz CT molecular complexity index is 613. The molecule has 0 radical (unpaired) electrons. The van der Waals surface area contributed by atoms with Crippen LogP contribution < -0.4 is 4.90 Å². The first-order valence-electron chi connectivity index (χ1n) is 10.00. The van der Waals surface area contributed by atoms with E-state index in [2.05, 4.69) is 4.90 Å². The first-order valence-corrected chi connectivity index (χ1v) is 10.00. The lowest BCUT2D eigenvalue weighted by molar-refractivity contribution is -0.161. The van der Waals surface area contributed by atoms with Crippen molar-refractivity contribution in [3.8, 4) is 0 Å². The number of amides is 1. The van der Waals surface area contributed by atoms with Gasteiger partial charge in [-0.15, -0.1) is 12.4 Å². The van der Waals surface area contributed by atoms with Crippen LogP contribution in [0.2, 0.25) is 0 Å². The molecule has 1 unspecified atom stereocenters. The molecule has 3 aliphatic heterocycles. The van der Waals surface area contributed by atoms with Crippen molar-refractivity contribution in [2.24, 2.45) is 5.92 Å². The molecule has 27 heavy (non-hydrogen) atoms. The lowest BCUT2D eigenvalue weighted by atomic mass is 9.87. The number of hydrogen-bond donors (Lipinski definition) is 0. The highest BCUT2D eigenvalue weighted by molar-refractivity contribution is 5.97. The summed E-state index contributed by atoms with van der Waals surface area (Å²) in [6.07, 6.45) is 4.00. The zero-order valence-electron chi connectivity index (χ0n) is 16.1. The molecule has 1 aromatic rings. The quantitative estimate of drug-likeness (QED) is 0.789. The van der Waals surface area contributed by atoms with E-state index in [9.17, 15) is 4.79 Å². The first kappa shape index (κ1) is 20.6. The predicted octanol–water partition coefficient (Wildman–Crippen LogP) is 3.12. The van der Waals surface area contributed by atoms with Gasteiger partial charge in [-0.25, -0.2) is 0 Å². The molecule has 3 aliphatic rings. The number of likely N-dealkylation sites (tertiary alicyclic amines) is 1. The zero-order valence-corrected chi connectivity index (χ0v) is 17.0. The number of nitrogens with zero attached hydrogens (tertiary/aromatic N) is 2.